The molecule has 0 saturated carbocycles. The first-order valence-electron chi connectivity index (χ1n) is 9.58. The first kappa shape index (κ1) is 23.0. The minimum Gasteiger partial charge on any atom is -0.480 e. The summed E-state index contributed by atoms with van der Waals surface area (Å²) in [5, 5.41) is 11.9. The van der Waals surface area contributed by atoms with Gasteiger partial charge in [-0.15, -0.1) is 12.6 Å². The maximum atomic E-state index is 12.8. The Morgan fingerprint density at radius 1 is 1.31 bits per heavy atom. The van der Waals surface area contributed by atoms with Crippen LogP contribution in [0.25, 0.3) is 0 Å². The summed E-state index contributed by atoms with van der Waals surface area (Å²) in [6.07, 6.45) is -1.39. The molecule has 1 saturated heterocycles. The van der Waals surface area contributed by atoms with E-state index in [1.165, 1.54) is 4.90 Å². The van der Waals surface area contributed by atoms with E-state index >= 15 is 0 Å². The number of nitrogens with one attached hydrogen (secondary N) is 1. The van der Waals surface area contributed by atoms with Gasteiger partial charge in [0, 0.05) is 13.0 Å². The van der Waals surface area contributed by atoms with Crippen LogP contribution in [0.4, 0.5) is 4.79 Å². The van der Waals surface area contributed by atoms with Gasteiger partial charge in [-0.3, -0.25) is 4.79 Å². The molecule has 0 bridgehead atoms. The Morgan fingerprint density at radius 2 is 2.00 bits per heavy atom. The van der Waals surface area contributed by atoms with E-state index in [0.717, 1.165) is 5.56 Å². The highest BCUT2D eigenvalue weighted by molar-refractivity contribution is 7.80. The number of thiol groups is 1. The van der Waals surface area contributed by atoms with E-state index in [0.29, 0.717) is 13.2 Å². The van der Waals surface area contributed by atoms with Crippen molar-refractivity contribution in [1.29, 1.82) is 0 Å². The number of nitrogens with zero attached hydrogens (tertiary/aromatic N) is 1. The Hall–Kier alpha value is -2.26. The highest BCUT2D eigenvalue weighted by Gasteiger charge is 2.31. The van der Waals surface area contributed by atoms with Gasteiger partial charge < -0.3 is 24.8 Å². The predicted molar refractivity (Wildman–Crippen MR) is 110 cm³/mol. The fourth-order valence-corrected chi connectivity index (χ4v) is 3.27. The van der Waals surface area contributed by atoms with Crippen LogP contribution < -0.4 is 5.32 Å². The van der Waals surface area contributed by atoms with Crippen molar-refractivity contribution in [3.05, 3.63) is 35.9 Å². The fourth-order valence-electron chi connectivity index (χ4n) is 2.97. The van der Waals surface area contributed by atoms with E-state index in [4.69, 9.17) is 9.47 Å². The molecule has 160 valence electrons. The van der Waals surface area contributed by atoms with Crippen LogP contribution in [0.5, 0.6) is 0 Å². The first-order chi connectivity index (χ1) is 13.8. The van der Waals surface area contributed by atoms with Gasteiger partial charge in [-0.05, 0) is 17.9 Å². The molecule has 9 heteroatoms. The normalized spacial score (nSPS) is 18.8. The average molecular weight is 425 g/mol. The maximum Gasteiger partial charge on any atom is 0.410 e. The van der Waals surface area contributed by atoms with Gasteiger partial charge in [-0.2, -0.15) is 0 Å². The van der Waals surface area contributed by atoms with Crippen LogP contribution in [0.15, 0.2) is 30.3 Å². The Labute approximate surface area is 176 Å². The number of ether oxygens (including phenoxy) is 2. The molecule has 1 heterocycles. The van der Waals surface area contributed by atoms with Crippen LogP contribution in [0.2, 0.25) is 0 Å². The SMILES string of the molecule is CC(C)CC(NC(=O)C(Cc1ccccc1)OC(=O)N1CCO[C@@H](S)C1)C(=O)O. The summed E-state index contributed by atoms with van der Waals surface area (Å²) in [6, 6.07) is 8.06. The Balaban J connectivity index is 2.11. The molecule has 2 rings (SSSR count). The molecular formula is C20H28N2O6S. The largest absolute Gasteiger partial charge is 0.480 e. The molecule has 2 unspecified atom stereocenters. The molecule has 1 fully saturated rings. The van der Waals surface area contributed by atoms with Crippen molar-refractivity contribution in [1.82, 2.24) is 10.2 Å². The van der Waals surface area contributed by atoms with Crippen molar-refractivity contribution in [2.45, 2.75) is 44.3 Å². The Morgan fingerprint density at radius 3 is 2.59 bits per heavy atom. The summed E-state index contributed by atoms with van der Waals surface area (Å²) in [7, 11) is 0. The lowest BCUT2D eigenvalue weighted by atomic mass is 10.0. The zero-order valence-electron chi connectivity index (χ0n) is 16.6. The molecule has 1 aromatic carbocycles. The molecule has 0 aromatic heterocycles. The fraction of sp³-hybridized carbons (Fsp3) is 0.550. The van der Waals surface area contributed by atoms with Gasteiger partial charge >= 0.3 is 12.1 Å². The molecule has 8 nitrogen and oxygen atoms in total. The highest BCUT2D eigenvalue weighted by Crippen LogP contribution is 2.14. The maximum absolute atomic E-state index is 12.8. The molecule has 29 heavy (non-hydrogen) atoms. The summed E-state index contributed by atoms with van der Waals surface area (Å²) in [4.78, 5) is 38.3. The van der Waals surface area contributed by atoms with Gasteiger partial charge in [0.15, 0.2) is 6.10 Å². The lowest BCUT2D eigenvalue weighted by Crippen LogP contribution is -2.50. The van der Waals surface area contributed by atoms with Crippen molar-refractivity contribution >= 4 is 30.6 Å². The van der Waals surface area contributed by atoms with Gasteiger partial charge in [0.25, 0.3) is 5.91 Å². The molecule has 1 aliphatic heterocycles. The Kier molecular flexibility index (Phi) is 8.78. The van der Waals surface area contributed by atoms with Crippen molar-refractivity contribution in [2.24, 2.45) is 5.92 Å². The van der Waals surface area contributed by atoms with Crippen LogP contribution in [0.1, 0.15) is 25.8 Å². The molecule has 1 aliphatic rings. The second kappa shape index (κ2) is 11.1. The second-order valence-corrected chi connectivity index (χ2v) is 7.94. The molecule has 2 amide bonds. The molecule has 0 spiro atoms. The predicted octanol–water partition coefficient (Wildman–Crippen LogP) is 1.94. The monoisotopic (exact) mass is 424 g/mol. The third-order valence-electron chi connectivity index (χ3n) is 4.43. The number of hydrogen-bond donors (Lipinski definition) is 3. The van der Waals surface area contributed by atoms with Crippen LogP contribution >= 0.6 is 12.6 Å². The van der Waals surface area contributed by atoms with Crippen molar-refractivity contribution in [2.75, 3.05) is 19.7 Å². The van der Waals surface area contributed by atoms with E-state index in [1.54, 1.807) is 0 Å². The van der Waals surface area contributed by atoms with Gasteiger partial charge in [-0.25, -0.2) is 9.59 Å². The average Bonchev–Trinajstić information content (AvgIpc) is 2.67. The third kappa shape index (κ3) is 7.58. The summed E-state index contributed by atoms with van der Waals surface area (Å²) < 4.78 is 10.8. The zero-order valence-corrected chi connectivity index (χ0v) is 17.5. The highest BCUT2D eigenvalue weighted by atomic mass is 32.1. The third-order valence-corrected chi connectivity index (χ3v) is 4.74. The van der Waals surface area contributed by atoms with Crippen molar-refractivity contribution < 1.29 is 29.0 Å². The van der Waals surface area contributed by atoms with E-state index in [9.17, 15) is 19.5 Å². The number of carbonyl (C=O) groups is 3. The van der Waals surface area contributed by atoms with Crippen LogP contribution in [-0.4, -0.2) is 65.3 Å². The number of benzene rings is 1. The summed E-state index contributed by atoms with van der Waals surface area (Å²) in [5.41, 5.74) is 0.380. The van der Waals surface area contributed by atoms with E-state index in [2.05, 4.69) is 17.9 Å². The molecular weight excluding hydrogens is 396 g/mol. The van der Waals surface area contributed by atoms with Crippen LogP contribution in [0, 0.1) is 5.92 Å². The first-order valence-corrected chi connectivity index (χ1v) is 10.1. The second-order valence-electron chi connectivity index (χ2n) is 7.36. The smallest absolute Gasteiger partial charge is 0.410 e. The van der Waals surface area contributed by atoms with Gasteiger partial charge in [0.05, 0.1) is 13.2 Å². The number of carbonyl (C=O) groups excluding carboxylic acids is 2. The van der Waals surface area contributed by atoms with Crippen molar-refractivity contribution in [3.8, 4) is 0 Å². The summed E-state index contributed by atoms with van der Waals surface area (Å²) in [5.74, 6) is -1.68. The zero-order chi connectivity index (χ0) is 21.4. The summed E-state index contributed by atoms with van der Waals surface area (Å²) in [6.45, 7) is 4.65. The molecule has 0 aliphatic carbocycles. The van der Waals surface area contributed by atoms with Crippen molar-refractivity contribution in [3.63, 3.8) is 0 Å². The molecule has 2 N–H and O–H groups in total. The van der Waals surface area contributed by atoms with Crippen LogP contribution in [-0.2, 0) is 25.5 Å². The quantitative estimate of drug-likeness (QED) is 0.551. The standard InChI is InChI=1S/C20H28N2O6S/c1-13(2)10-15(19(24)25)21-18(23)16(11-14-6-4-3-5-7-14)28-20(26)22-8-9-27-17(29)12-22/h3-7,13,15-17,29H,8-12H2,1-2H3,(H,21,23)(H,24,25)/t15?,16?,17-/m0/s1. The van der Waals surface area contributed by atoms with E-state index in [1.807, 2.05) is 44.2 Å². The van der Waals surface area contributed by atoms with Gasteiger partial charge in [0.1, 0.15) is 11.5 Å². The van der Waals surface area contributed by atoms with Crippen LogP contribution in [0.3, 0.4) is 0 Å². The molecule has 3 atom stereocenters. The number of aliphatic carboxylic acids is 1. The minimum atomic E-state index is -1.15. The topological polar surface area (TPSA) is 105 Å². The number of carboxylic acids is 1. The minimum absolute atomic E-state index is 0.0761. The van der Waals surface area contributed by atoms with E-state index in [-0.39, 0.29) is 25.3 Å². The lowest BCUT2D eigenvalue weighted by Gasteiger charge is -2.31. The molecule has 1 aromatic rings. The lowest BCUT2D eigenvalue weighted by molar-refractivity contribution is -0.144. The number of amides is 2. The van der Waals surface area contributed by atoms with Gasteiger partial charge in [0.2, 0.25) is 0 Å². The Bertz CT molecular complexity index is 699. The number of morpholine rings is 1. The van der Waals surface area contributed by atoms with E-state index < -0.39 is 35.6 Å². The van der Waals surface area contributed by atoms with Gasteiger partial charge in [-0.1, -0.05) is 44.2 Å². The number of rotatable bonds is 8. The number of hydrogen-bond acceptors (Lipinski definition) is 6. The summed E-state index contributed by atoms with van der Waals surface area (Å²) >= 11 is 4.21. The molecule has 0 radical (unpaired) electrons. The number of carboxylic acid groups (broad SMARTS) is 1.